The van der Waals surface area contributed by atoms with E-state index in [9.17, 15) is 14.0 Å². The number of hydrogen-bond acceptors (Lipinski definition) is 3. The standard InChI is InChI=1S/C16H9F2N3/c17-12-7-14(20)13(18)6-10(12)11-5-9-3-1-2-4-15(9)21-16(11)8-19/h1-7H,20H2. The van der Waals surface area contributed by atoms with Gasteiger partial charge in [-0.1, -0.05) is 18.2 Å². The first-order chi connectivity index (χ1) is 10.1. The molecule has 0 bridgehead atoms. The predicted octanol–water partition coefficient (Wildman–Crippen LogP) is 3.63. The van der Waals surface area contributed by atoms with Gasteiger partial charge in [-0.25, -0.2) is 13.8 Å². The molecule has 0 saturated carbocycles. The van der Waals surface area contributed by atoms with Crippen molar-refractivity contribution in [2.24, 2.45) is 0 Å². The second kappa shape index (κ2) is 4.84. The lowest BCUT2D eigenvalue weighted by atomic mass is 10.0. The SMILES string of the molecule is N#Cc1nc2ccccc2cc1-c1cc(F)c(N)cc1F. The number of halogens is 2. The Balaban J connectivity index is 2.34. The molecule has 0 atom stereocenters. The normalized spacial score (nSPS) is 10.5. The number of rotatable bonds is 1. The molecule has 0 radical (unpaired) electrons. The maximum atomic E-state index is 14.0. The first-order valence-electron chi connectivity index (χ1n) is 6.15. The lowest BCUT2D eigenvalue weighted by Gasteiger charge is -2.08. The smallest absolute Gasteiger partial charge is 0.149 e. The third kappa shape index (κ3) is 2.17. The summed E-state index contributed by atoms with van der Waals surface area (Å²) in [5.41, 5.74) is 5.93. The number of nitriles is 1. The average Bonchev–Trinajstić information content (AvgIpc) is 2.49. The fourth-order valence-electron chi connectivity index (χ4n) is 2.18. The molecule has 3 rings (SSSR count). The van der Waals surface area contributed by atoms with Crippen LogP contribution in [0.2, 0.25) is 0 Å². The van der Waals surface area contributed by atoms with Gasteiger partial charge in [0, 0.05) is 22.6 Å². The van der Waals surface area contributed by atoms with Crippen molar-refractivity contribution in [3.63, 3.8) is 0 Å². The van der Waals surface area contributed by atoms with E-state index in [2.05, 4.69) is 4.98 Å². The van der Waals surface area contributed by atoms with Gasteiger partial charge in [0.1, 0.15) is 23.4 Å². The molecular formula is C16H9F2N3. The Kier molecular flexibility index (Phi) is 2.99. The molecule has 3 aromatic rings. The molecule has 0 saturated heterocycles. The maximum Gasteiger partial charge on any atom is 0.149 e. The molecule has 102 valence electrons. The van der Waals surface area contributed by atoms with Crippen LogP contribution >= 0.6 is 0 Å². The molecule has 0 aliphatic heterocycles. The highest BCUT2D eigenvalue weighted by atomic mass is 19.1. The molecule has 1 heterocycles. The van der Waals surface area contributed by atoms with Crippen molar-refractivity contribution in [3.05, 3.63) is 59.8 Å². The Morgan fingerprint density at radius 1 is 1.00 bits per heavy atom. The minimum atomic E-state index is -0.733. The highest BCUT2D eigenvalue weighted by Gasteiger charge is 2.15. The Morgan fingerprint density at radius 2 is 1.76 bits per heavy atom. The summed E-state index contributed by atoms with van der Waals surface area (Å²) >= 11 is 0. The molecule has 5 heteroatoms. The van der Waals surface area contributed by atoms with Crippen LogP contribution in [-0.4, -0.2) is 4.98 Å². The van der Waals surface area contributed by atoms with Crippen molar-refractivity contribution in [2.45, 2.75) is 0 Å². The van der Waals surface area contributed by atoms with Crippen LogP contribution in [0.4, 0.5) is 14.5 Å². The second-order valence-corrected chi connectivity index (χ2v) is 4.54. The summed E-state index contributed by atoms with van der Waals surface area (Å²) in [7, 11) is 0. The molecule has 1 aromatic heterocycles. The number of fused-ring (bicyclic) bond motifs is 1. The predicted molar refractivity (Wildman–Crippen MR) is 76.2 cm³/mol. The van der Waals surface area contributed by atoms with E-state index in [1.807, 2.05) is 6.07 Å². The van der Waals surface area contributed by atoms with Gasteiger partial charge in [0.25, 0.3) is 0 Å². The number of pyridine rings is 1. The lowest BCUT2D eigenvalue weighted by Crippen LogP contribution is -1.97. The first kappa shape index (κ1) is 13.0. The first-order valence-corrected chi connectivity index (χ1v) is 6.15. The Hall–Kier alpha value is -3.00. The van der Waals surface area contributed by atoms with Crippen molar-refractivity contribution in [1.82, 2.24) is 4.98 Å². The Labute approximate surface area is 119 Å². The average molecular weight is 281 g/mol. The lowest BCUT2D eigenvalue weighted by molar-refractivity contribution is 0.607. The largest absolute Gasteiger partial charge is 0.396 e. The van der Waals surface area contributed by atoms with Gasteiger partial charge in [0.05, 0.1) is 11.2 Å². The molecule has 2 aromatic carbocycles. The molecular weight excluding hydrogens is 272 g/mol. The minimum Gasteiger partial charge on any atom is -0.396 e. The fraction of sp³-hybridized carbons (Fsp3) is 0. The molecule has 0 aliphatic rings. The van der Waals surface area contributed by atoms with Gasteiger partial charge in [-0.15, -0.1) is 0 Å². The molecule has 0 amide bonds. The number of aromatic nitrogens is 1. The minimum absolute atomic E-state index is 0.0310. The monoisotopic (exact) mass is 281 g/mol. The van der Waals surface area contributed by atoms with Crippen molar-refractivity contribution in [2.75, 3.05) is 5.73 Å². The molecule has 0 fully saturated rings. The second-order valence-electron chi connectivity index (χ2n) is 4.54. The third-order valence-corrected chi connectivity index (χ3v) is 3.21. The van der Waals surface area contributed by atoms with Gasteiger partial charge in [-0.05, 0) is 18.2 Å². The van der Waals surface area contributed by atoms with Crippen molar-refractivity contribution in [1.29, 1.82) is 5.26 Å². The zero-order chi connectivity index (χ0) is 15.0. The molecule has 0 unspecified atom stereocenters. The van der Waals surface area contributed by atoms with E-state index in [-0.39, 0.29) is 22.5 Å². The van der Waals surface area contributed by atoms with Gasteiger partial charge in [-0.2, -0.15) is 5.26 Å². The summed E-state index contributed by atoms with van der Waals surface area (Å²) < 4.78 is 27.6. The summed E-state index contributed by atoms with van der Waals surface area (Å²) in [5, 5.41) is 9.94. The summed E-state index contributed by atoms with van der Waals surface area (Å²) in [6, 6.07) is 12.6. The van der Waals surface area contributed by atoms with Crippen LogP contribution in [0.25, 0.3) is 22.0 Å². The van der Waals surface area contributed by atoms with E-state index in [0.717, 1.165) is 17.5 Å². The Bertz CT molecular complexity index is 898. The molecule has 21 heavy (non-hydrogen) atoms. The van der Waals surface area contributed by atoms with Crippen LogP contribution in [0.15, 0.2) is 42.5 Å². The van der Waals surface area contributed by atoms with Crippen molar-refractivity contribution in [3.8, 4) is 17.2 Å². The zero-order valence-corrected chi connectivity index (χ0v) is 10.8. The fourth-order valence-corrected chi connectivity index (χ4v) is 2.18. The number of benzene rings is 2. The van der Waals surface area contributed by atoms with Gasteiger partial charge in [0.15, 0.2) is 0 Å². The zero-order valence-electron chi connectivity index (χ0n) is 10.8. The summed E-state index contributed by atoms with van der Waals surface area (Å²) in [4.78, 5) is 4.18. The van der Waals surface area contributed by atoms with Gasteiger partial charge in [0.2, 0.25) is 0 Å². The summed E-state index contributed by atoms with van der Waals surface area (Å²) in [6.07, 6.45) is 0. The number of nitrogens with two attached hydrogens (primary N) is 1. The number of hydrogen-bond donors (Lipinski definition) is 1. The van der Waals surface area contributed by atoms with Crippen molar-refractivity contribution >= 4 is 16.6 Å². The molecule has 3 nitrogen and oxygen atoms in total. The molecule has 0 aliphatic carbocycles. The van der Waals surface area contributed by atoms with Crippen molar-refractivity contribution < 1.29 is 8.78 Å². The quantitative estimate of drug-likeness (QED) is 0.693. The molecule has 0 spiro atoms. The van der Waals surface area contributed by atoms with E-state index in [4.69, 9.17) is 5.73 Å². The Morgan fingerprint density at radius 3 is 2.52 bits per heavy atom. The van der Waals surface area contributed by atoms with Crippen LogP contribution in [0.1, 0.15) is 5.69 Å². The maximum absolute atomic E-state index is 14.0. The third-order valence-electron chi connectivity index (χ3n) is 3.21. The van der Waals surface area contributed by atoms with Gasteiger partial charge >= 0.3 is 0 Å². The van der Waals surface area contributed by atoms with Crippen LogP contribution in [0.3, 0.4) is 0 Å². The highest BCUT2D eigenvalue weighted by Crippen LogP contribution is 2.30. The number of anilines is 1. The van der Waals surface area contributed by atoms with E-state index >= 15 is 0 Å². The van der Waals surface area contributed by atoms with E-state index in [0.29, 0.717) is 5.52 Å². The van der Waals surface area contributed by atoms with E-state index in [1.165, 1.54) is 0 Å². The molecule has 2 N–H and O–H groups in total. The highest BCUT2D eigenvalue weighted by molar-refractivity contribution is 5.86. The van der Waals surface area contributed by atoms with Crippen LogP contribution in [-0.2, 0) is 0 Å². The van der Waals surface area contributed by atoms with Crippen LogP contribution in [0.5, 0.6) is 0 Å². The number of nitrogen functional groups attached to an aromatic ring is 1. The van der Waals surface area contributed by atoms with Crippen LogP contribution in [0, 0.1) is 23.0 Å². The van der Waals surface area contributed by atoms with Gasteiger partial charge in [-0.3, -0.25) is 0 Å². The summed E-state index contributed by atoms with van der Waals surface area (Å²) in [6.45, 7) is 0. The number of nitrogens with zero attached hydrogens (tertiary/aromatic N) is 2. The van der Waals surface area contributed by atoms with E-state index < -0.39 is 11.6 Å². The number of para-hydroxylation sites is 1. The topological polar surface area (TPSA) is 62.7 Å². The van der Waals surface area contributed by atoms with E-state index in [1.54, 1.807) is 30.3 Å². The summed E-state index contributed by atoms with van der Waals surface area (Å²) in [5.74, 6) is -1.43. The van der Waals surface area contributed by atoms with Gasteiger partial charge < -0.3 is 5.73 Å². The van der Waals surface area contributed by atoms with Crippen LogP contribution < -0.4 is 5.73 Å².